The number of hydrogen-bond acceptors (Lipinski definition) is 5. The van der Waals surface area contributed by atoms with Gasteiger partial charge >= 0.3 is 6.03 Å². The van der Waals surface area contributed by atoms with E-state index in [-0.39, 0.29) is 37.0 Å². The average Bonchev–Trinajstić information content (AvgIpc) is 3.27. The number of nitrogens with zero attached hydrogens (tertiary/aromatic N) is 1. The molecular formula is C34H49Cl2N5O5. The highest BCUT2D eigenvalue weighted by Gasteiger charge is 2.74. The maximum absolute atomic E-state index is 14.3. The van der Waals surface area contributed by atoms with E-state index in [2.05, 4.69) is 34.4 Å². The number of piperidine rings is 1. The number of nitrogens with one attached hydrogen (secondary N) is 4. The van der Waals surface area contributed by atoms with Crippen molar-refractivity contribution in [1.29, 1.82) is 0 Å². The minimum atomic E-state index is -1.21. The second kappa shape index (κ2) is 13.1. The third-order valence-corrected chi connectivity index (χ3v) is 11.9. The Morgan fingerprint density at radius 2 is 1.52 bits per heavy atom. The lowest BCUT2D eigenvalue weighted by Crippen LogP contribution is -2.65. The van der Waals surface area contributed by atoms with Crippen molar-refractivity contribution in [1.82, 2.24) is 26.2 Å². The zero-order valence-electron chi connectivity index (χ0n) is 27.2. The molecule has 1 saturated heterocycles. The lowest BCUT2D eigenvalue weighted by molar-refractivity contribution is -0.144. The van der Waals surface area contributed by atoms with Gasteiger partial charge in [0.25, 0.3) is 5.91 Å². The van der Waals surface area contributed by atoms with Gasteiger partial charge in [-0.15, -0.1) is 36.4 Å². The maximum atomic E-state index is 14.3. The summed E-state index contributed by atoms with van der Waals surface area (Å²) in [6, 6.07) is -3.52. The lowest BCUT2D eigenvalue weighted by atomic mass is 9.53. The number of Topliss-reactive ketones (excluding diaryl/α,β-unsaturated/α-hetero) is 1. The highest BCUT2D eigenvalue weighted by Crippen LogP contribution is 2.65. The minimum absolute atomic E-state index is 0.132. The zero-order valence-corrected chi connectivity index (χ0v) is 28.7. The number of likely N-dealkylation sites (tertiary alicyclic amines) is 1. The molecule has 46 heavy (non-hydrogen) atoms. The molecule has 1 aliphatic heterocycles. The van der Waals surface area contributed by atoms with Gasteiger partial charge in [-0.25, -0.2) is 4.79 Å². The molecular weight excluding hydrogens is 629 g/mol. The molecule has 0 radical (unpaired) electrons. The van der Waals surface area contributed by atoms with Gasteiger partial charge in [0, 0.05) is 30.5 Å². The fourth-order valence-electron chi connectivity index (χ4n) is 8.96. The smallest absolute Gasteiger partial charge is 0.315 e. The van der Waals surface area contributed by atoms with Crippen molar-refractivity contribution < 1.29 is 24.0 Å². The molecule has 10 nitrogen and oxygen atoms in total. The Morgan fingerprint density at radius 1 is 0.935 bits per heavy atom. The van der Waals surface area contributed by atoms with Crippen molar-refractivity contribution in [3.8, 4) is 0 Å². The highest BCUT2D eigenvalue weighted by molar-refractivity contribution is 6.51. The largest absolute Gasteiger partial charge is 0.349 e. The van der Waals surface area contributed by atoms with E-state index >= 15 is 0 Å². The Hall–Kier alpha value is -2.59. The number of rotatable bonds is 13. The summed E-state index contributed by atoms with van der Waals surface area (Å²) in [4.78, 5) is 68.9. The van der Waals surface area contributed by atoms with Gasteiger partial charge in [-0.3, -0.25) is 19.2 Å². The second-order valence-electron chi connectivity index (χ2n) is 15.5. The predicted octanol–water partition coefficient (Wildman–Crippen LogP) is 4.01. The van der Waals surface area contributed by atoms with Gasteiger partial charge in [0.05, 0.1) is 6.04 Å². The number of allylic oxidation sites excluding steroid dienone is 1. The summed E-state index contributed by atoms with van der Waals surface area (Å²) in [5.41, 5.74) is -0.918. The van der Waals surface area contributed by atoms with Crippen LogP contribution in [0.2, 0.25) is 0 Å². The minimum Gasteiger partial charge on any atom is -0.349 e. The van der Waals surface area contributed by atoms with E-state index in [1.807, 2.05) is 20.8 Å². The molecule has 6 rings (SSSR count). The first-order chi connectivity index (χ1) is 21.6. The van der Waals surface area contributed by atoms with Crippen LogP contribution in [0.1, 0.15) is 78.6 Å². The third kappa shape index (κ3) is 6.98. The predicted molar refractivity (Wildman–Crippen MR) is 177 cm³/mol. The molecule has 6 fully saturated rings. The van der Waals surface area contributed by atoms with E-state index in [0.717, 1.165) is 19.3 Å². The summed E-state index contributed by atoms with van der Waals surface area (Å²) in [6.45, 7) is 13.3. The molecule has 5 atom stereocenters. The number of carbonyl (C=O) groups excluding carboxylic acids is 5. The molecule has 0 aromatic rings. The molecule has 6 aliphatic rings. The molecule has 5 saturated carbocycles. The Bertz CT molecular complexity index is 1240. The van der Waals surface area contributed by atoms with Crippen LogP contribution in [0, 0.1) is 35.0 Å². The van der Waals surface area contributed by atoms with Gasteiger partial charge in [-0.05, 0) is 81.0 Å². The van der Waals surface area contributed by atoms with Crippen LogP contribution in [-0.4, -0.2) is 75.5 Å². The molecule has 5 amide bonds. The Kier molecular flexibility index (Phi) is 9.92. The third-order valence-electron chi connectivity index (χ3n) is 10.8. The topological polar surface area (TPSA) is 137 Å². The summed E-state index contributed by atoms with van der Waals surface area (Å²) >= 11 is 13.1. The van der Waals surface area contributed by atoms with Crippen molar-refractivity contribution in [3.05, 3.63) is 25.3 Å². The fourth-order valence-corrected chi connectivity index (χ4v) is 9.79. The number of amides is 5. The van der Waals surface area contributed by atoms with Gasteiger partial charge in [0.15, 0.2) is 0 Å². The van der Waals surface area contributed by atoms with Crippen LogP contribution >= 0.6 is 23.2 Å². The molecule has 5 aliphatic carbocycles. The SMILES string of the molecule is C=CCCNC(=O)C(=O)C(CCC=C)NC(=O)[C@@H]1[C@@H]2[C@H](CN1C(=O)[C@@H](NC(=O)NC13CC4CC(CC(C4)C1)C3)C(C)(C)C)C2(Cl)Cl. The first-order valence-corrected chi connectivity index (χ1v) is 17.5. The van der Waals surface area contributed by atoms with Crippen molar-refractivity contribution >= 4 is 52.7 Å². The quantitative estimate of drug-likeness (QED) is 0.101. The highest BCUT2D eigenvalue weighted by atomic mass is 35.5. The van der Waals surface area contributed by atoms with Gasteiger partial charge in [0.2, 0.25) is 17.6 Å². The molecule has 1 heterocycles. The maximum Gasteiger partial charge on any atom is 0.315 e. The van der Waals surface area contributed by atoms with Crippen molar-refractivity contribution in [3.63, 3.8) is 0 Å². The lowest BCUT2D eigenvalue weighted by Gasteiger charge is -2.56. The molecule has 4 bridgehead atoms. The van der Waals surface area contributed by atoms with Crippen LogP contribution in [-0.2, 0) is 19.2 Å². The van der Waals surface area contributed by atoms with E-state index in [4.69, 9.17) is 23.2 Å². The summed E-state index contributed by atoms with van der Waals surface area (Å²) in [5, 5.41) is 11.5. The molecule has 0 aromatic carbocycles. The van der Waals surface area contributed by atoms with Crippen molar-refractivity contribution in [2.45, 2.75) is 107 Å². The molecule has 4 N–H and O–H groups in total. The normalized spacial score (nSPS) is 32.8. The Labute approximate surface area is 282 Å². The summed E-state index contributed by atoms with van der Waals surface area (Å²) < 4.78 is -1.21. The Morgan fingerprint density at radius 3 is 2.07 bits per heavy atom. The van der Waals surface area contributed by atoms with E-state index in [1.54, 1.807) is 12.2 Å². The molecule has 12 heteroatoms. The summed E-state index contributed by atoms with van der Waals surface area (Å²) in [5.74, 6) is -1.60. The van der Waals surface area contributed by atoms with Crippen LogP contribution in [0.15, 0.2) is 25.3 Å². The average molecular weight is 679 g/mol. The van der Waals surface area contributed by atoms with Crippen LogP contribution in [0.25, 0.3) is 0 Å². The van der Waals surface area contributed by atoms with Crippen molar-refractivity contribution in [2.24, 2.45) is 35.0 Å². The van der Waals surface area contributed by atoms with E-state index in [1.165, 1.54) is 24.2 Å². The van der Waals surface area contributed by atoms with Gasteiger partial charge in [-0.2, -0.15) is 0 Å². The molecule has 0 aromatic heterocycles. The first-order valence-electron chi connectivity index (χ1n) is 16.7. The number of alkyl halides is 2. The molecule has 0 spiro atoms. The number of ketones is 1. The van der Waals surface area contributed by atoms with E-state index in [9.17, 15) is 24.0 Å². The number of urea groups is 1. The number of hydrogen-bond donors (Lipinski definition) is 4. The summed E-state index contributed by atoms with van der Waals surface area (Å²) in [6.07, 6.45) is 10.9. The second-order valence-corrected chi connectivity index (χ2v) is 16.9. The molecule has 254 valence electrons. The number of carbonyl (C=O) groups is 5. The van der Waals surface area contributed by atoms with Crippen LogP contribution in [0.5, 0.6) is 0 Å². The van der Waals surface area contributed by atoms with Crippen LogP contribution < -0.4 is 21.3 Å². The van der Waals surface area contributed by atoms with Crippen molar-refractivity contribution in [2.75, 3.05) is 13.1 Å². The van der Waals surface area contributed by atoms with Crippen LogP contribution in [0.4, 0.5) is 4.79 Å². The zero-order chi connectivity index (χ0) is 33.6. The first kappa shape index (κ1) is 34.7. The molecule has 1 unspecified atom stereocenters. The van der Waals surface area contributed by atoms with Gasteiger partial charge in [0.1, 0.15) is 16.4 Å². The standard InChI is InChI=1S/C34H49Cl2N5O5/c1-6-8-10-23(26(42)29(44)37-11-9-7-2)38-28(43)25-24-22(34(24,35)36)18-41(25)30(45)27(32(3,4)5)39-31(46)40-33-15-19-12-20(16-33)14-21(13-19)17-33/h6-7,19-25,27H,1-2,8-18H2,3-5H3,(H,37,44)(H,38,43)(H2,39,40,46)/t19?,20?,21?,22-,23?,24-,25-,27+,33?/m0/s1. The number of halogens is 2. The summed E-state index contributed by atoms with van der Waals surface area (Å²) in [7, 11) is 0. The van der Waals surface area contributed by atoms with Gasteiger partial charge < -0.3 is 26.2 Å². The van der Waals surface area contributed by atoms with Crippen LogP contribution in [0.3, 0.4) is 0 Å². The fraction of sp³-hybridized carbons (Fsp3) is 0.735. The monoisotopic (exact) mass is 677 g/mol. The number of fused-ring (bicyclic) bond motifs is 1. The van der Waals surface area contributed by atoms with E-state index < -0.39 is 57.3 Å². The Balaban J connectivity index is 1.30. The van der Waals surface area contributed by atoms with Gasteiger partial charge in [-0.1, -0.05) is 32.9 Å². The van der Waals surface area contributed by atoms with E-state index in [0.29, 0.717) is 30.6 Å².